The molecule has 2 aromatic carbocycles. The van der Waals surface area contributed by atoms with Crippen molar-refractivity contribution in [2.45, 2.75) is 38.1 Å². The third-order valence-electron chi connectivity index (χ3n) is 5.22. The van der Waals surface area contributed by atoms with Crippen LogP contribution in [-0.4, -0.2) is 29.1 Å². The summed E-state index contributed by atoms with van der Waals surface area (Å²) in [6, 6.07) is 16.1. The van der Waals surface area contributed by atoms with Crippen LogP contribution in [0, 0.1) is 0 Å². The second-order valence-electron chi connectivity index (χ2n) is 7.39. The van der Waals surface area contributed by atoms with Crippen LogP contribution in [0.3, 0.4) is 0 Å². The molecule has 0 bridgehead atoms. The number of hydrazine groups is 1. The summed E-state index contributed by atoms with van der Waals surface area (Å²) in [4.78, 5) is 9.32. The Labute approximate surface area is 200 Å². The van der Waals surface area contributed by atoms with Crippen molar-refractivity contribution in [1.29, 1.82) is 0 Å². The van der Waals surface area contributed by atoms with Crippen molar-refractivity contribution in [2.75, 3.05) is 29.3 Å². The highest BCUT2D eigenvalue weighted by Crippen LogP contribution is 2.22. The van der Waals surface area contributed by atoms with Crippen LogP contribution in [0.1, 0.15) is 32.1 Å². The molecule has 31 heavy (non-hydrogen) atoms. The molecule has 1 aliphatic rings. The van der Waals surface area contributed by atoms with Crippen molar-refractivity contribution in [3.8, 4) is 0 Å². The summed E-state index contributed by atoms with van der Waals surface area (Å²) in [6.45, 7) is 1.70. The first-order valence-electron chi connectivity index (χ1n) is 10.3. The minimum Gasteiger partial charge on any atom is -0.353 e. The molecule has 4 rings (SSSR count). The topological polar surface area (TPSA) is 73.9 Å². The molecular weight excluding hydrogens is 455 g/mol. The Morgan fingerprint density at radius 3 is 2.35 bits per heavy atom. The van der Waals surface area contributed by atoms with Crippen molar-refractivity contribution in [2.24, 2.45) is 0 Å². The molecule has 1 aromatic heterocycles. The standard InChI is InChI=1S/C22H27ClN6.2ClH/c23-16-10-12-18(13-11-16)28-29-21-19-8-4-5-9-20(19)26-22(27-21)25-15-14-24-17-6-2-1-3-7-17;;/h4-5,8-13,17,24,28H,1-3,6-7,14-15H2,(H2,25,26,27,29);2*1H. The molecule has 0 radical (unpaired) electrons. The number of halogens is 3. The Morgan fingerprint density at radius 2 is 1.58 bits per heavy atom. The van der Waals surface area contributed by atoms with Crippen LogP contribution in [0.15, 0.2) is 48.5 Å². The number of aromatic nitrogens is 2. The lowest BCUT2D eigenvalue weighted by atomic mass is 9.95. The molecule has 168 valence electrons. The van der Waals surface area contributed by atoms with Crippen LogP contribution < -0.4 is 21.5 Å². The Balaban J connectivity index is 0.00000171. The molecule has 0 atom stereocenters. The molecule has 9 heteroatoms. The highest BCUT2D eigenvalue weighted by atomic mass is 35.5. The van der Waals surface area contributed by atoms with E-state index in [9.17, 15) is 0 Å². The van der Waals surface area contributed by atoms with E-state index in [0.717, 1.165) is 35.5 Å². The summed E-state index contributed by atoms with van der Waals surface area (Å²) < 4.78 is 0. The van der Waals surface area contributed by atoms with Gasteiger partial charge in [0.15, 0.2) is 5.82 Å². The number of nitrogens with zero attached hydrogens (tertiary/aromatic N) is 2. The molecule has 1 aliphatic carbocycles. The largest absolute Gasteiger partial charge is 0.353 e. The molecule has 6 nitrogen and oxygen atoms in total. The third kappa shape index (κ3) is 7.28. The van der Waals surface area contributed by atoms with Crippen LogP contribution in [0.2, 0.25) is 5.02 Å². The maximum atomic E-state index is 5.96. The zero-order valence-electron chi connectivity index (χ0n) is 17.2. The Kier molecular flexibility index (Phi) is 10.4. The van der Waals surface area contributed by atoms with Crippen LogP contribution >= 0.6 is 36.4 Å². The first-order valence-corrected chi connectivity index (χ1v) is 10.7. The van der Waals surface area contributed by atoms with Gasteiger partial charge in [-0.25, -0.2) is 4.98 Å². The molecule has 0 unspecified atom stereocenters. The van der Waals surface area contributed by atoms with Crippen molar-refractivity contribution in [1.82, 2.24) is 15.3 Å². The average molecular weight is 484 g/mol. The minimum atomic E-state index is 0. The van der Waals surface area contributed by atoms with Gasteiger partial charge >= 0.3 is 0 Å². The van der Waals surface area contributed by atoms with Gasteiger partial charge < -0.3 is 10.6 Å². The van der Waals surface area contributed by atoms with Crippen LogP contribution in [0.25, 0.3) is 10.9 Å². The van der Waals surface area contributed by atoms with Gasteiger partial charge in [-0.1, -0.05) is 43.0 Å². The van der Waals surface area contributed by atoms with Crippen LogP contribution in [0.4, 0.5) is 17.5 Å². The number of fused-ring (bicyclic) bond motifs is 1. The number of benzene rings is 2. The maximum absolute atomic E-state index is 5.96. The second kappa shape index (κ2) is 12.8. The van der Waals surface area contributed by atoms with E-state index in [-0.39, 0.29) is 24.8 Å². The van der Waals surface area contributed by atoms with Crippen molar-refractivity contribution >= 4 is 64.8 Å². The Bertz CT molecular complexity index is 932. The third-order valence-corrected chi connectivity index (χ3v) is 5.47. The summed E-state index contributed by atoms with van der Waals surface area (Å²) >= 11 is 5.96. The van der Waals surface area contributed by atoms with E-state index in [4.69, 9.17) is 11.6 Å². The smallest absolute Gasteiger partial charge is 0.225 e. The molecule has 4 N–H and O–H groups in total. The number of hydrogen-bond acceptors (Lipinski definition) is 6. The number of para-hydroxylation sites is 1. The van der Waals surface area contributed by atoms with Crippen molar-refractivity contribution in [3.63, 3.8) is 0 Å². The predicted molar refractivity (Wildman–Crippen MR) is 136 cm³/mol. The summed E-state index contributed by atoms with van der Waals surface area (Å²) in [5.74, 6) is 1.35. The van der Waals surface area contributed by atoms with E-state index in [1.807, 2.05) is 48.5 Å². The van der Waals surface area contributed by atoms with Crippen LogP contribution in [-0.2, 0) is 0 Å². The highest BCUT2D eigenvalue weighted by Gasteiger charge is 2.12. The minimum absolute atomic E-state index is 0. The van der Waals surface area contributed by atoms with Gasteiger partial charge in [0.1, 0.15) is 0 Å². The lowest BCUT2D eigenvalue weighted by molar-refractivity contribution is 0.378. The zero-order chi connectivity index (χ0) is 19.9. The summed E-state index contributed by atoms with van der Waals surface area (Å²) in [5, 5.41) is 8.65. The van der Waals surface area contributed by atoms with Crippen LogP contribution in [0.5, 0.6) is 0 Å². The molecule has 0 amide bonds. The normalized spacial score (nSPS) is 13.7. The van der Waals surface area contributed by atoms with Gasteiger partial charge in [0.2, 0.25) is 5.95 Å². The van der Waals surface area contributed by atoms with E-state index in [2.05, 4.69) is 31.5 Å². The number of hydrogen-bond donors (Lipinski definition) is 4. The van der Waals surface area contributed by atoms with Gasteiger partial charge in [0, 0.05) is 29.5 Å². The average Bonchev–Trinajstić information content (AvgIpc) is 2.77. The lowest BCUT2D eigenvalue weighted by Gasteiger charge is -2.22. The quantitative estimate of drug-likeness (QED) is 0.236. The second-order valence-corrected chi connectivity index (χ2v) is 7.82. The first-order chi connectivity index (χ1) is 14.3. The van der Waals surface area contributed by atoms with Crippen molar-refractivity contribution in [3.05, 3.63) is 53.6 Å². The molecule has 0 spiro atoms. The fourth-order valence-corrected chi connectivity index (χ4v) is 3.80. The maximum Gasteiger partial charge on any atom is 0.225 e. The molecule has 0 saturated heterocycles. The van der Waals surface area contributed by atoms with E-state index in [1.54, 1.807) is 0 Å². The van der Waals surface area contributed by atoms with Gasteiger partial charge in [0.05, 0.1) is 11.2 Å². The zero-order valence-corrected chi connectivity index (χ0v) is 19.6. The predicted octanol–water partition coefficient (Wildman–Crippen LogP) is 5.90. The van der Waals surface area contributed by atoms with E-state index < -0.39 is 0 Å². The van der Waals surface area contributed by atoms with E-state index in [0.29, 0.717) is 17.0 Å². The summed E-state index contributed by atoms with van der Waals surface area (Å²) in [5.41, 5.74) is 8.18. The monoisotopic (exact) mass is 482 g/mol. The van der Waals surface area contributed by atoms with E-state index >= 15 is 0 Å². The van der Waals surface area contributed by atoms with Gasteiger partial charge in [-0.2, -0.15) is 4.98 Å². The number of nitrogens with one attached hydrogen (secondary N) is 4. The fourth-order valence-electron chi connectivity index (χ4n) is 3.67. The number of anilines is 3. The molecule has 3 aromatic rings. The first kappa shape index (κ1) is 25.3. The van der Waals surface area contributed by atoms with Gasteiger partial charge in [-0.15, -0.1) is 24.8 Å². The van der Waals surface area contributed by atoms with Crippen molar-refractivity contribution < 1.29 is 0 Å². The highest BCUT2D eigenvalue weighted by molar-refractivity contribution is 6.30. The molecule has 1 heterocycles. The molecular formula is C22H29Cl3N6. The molecule has 1 fully saturated rings. The molecule has 0 aliphatic heterocycles. The van der Waals surface area contributed by atoms with Gasteiger partial charge in [-0.05, 0) is 49.2 Å². The summed E-state index contributed by atoms with van der Waals surface area (Å²) in [6.07, 6.45) is 6.64. The SMILES string of the molecule is Cl.Cl.Clc1ccc(NNc2nc(NCCNC3CCCCC3)nc3ccccc23)cc1. The Hall–Kier alpha value is -1.99. The fraction of sp³-hybridized carbons (Fsp3) is 0.364. The molecule has 1 saturated carbocycles. The summed E-state index contributed by atoms with van der Waals surface area (Å²) in [7, 11) is 0. The lowest BCUT2D eigenvalue weighted by Crippen LogP contribution is -2.34. The van der Waals surface area contributed by atoms with E-state index in [1.165, 1.54) is 32.1 Å². The Morgan fingerprint density at radius 1 is 0.839 bits per heavy atom. The van der Waals surface area contributed by atoms with Gasteiger partial charge in [0.25, 0.3) is 0 Å². The number of rotatable bonds is 8. The van der Waals surface area contributed by atoms with Gasteiger partial charge in [-0.3, -0.25) is 10.9 Å².